The molecule has 0 saturated carbocycles. The Morgan fingerprint density at radius 1 is 1.00 bits per heavy atom. The maximum absolute atomic E-state index is 13.1. The molecule has 1 N–H and O–H groups in total. The number of aromatic amines is 1. The number of anilines is 1. The summed E-state index contributed by atoms with van der Waals surface area (Å²) in [4.78, 5) is 43.2. The van der Waals surface area contributed by atoms with Gasteiger partial charge >= 0.3 is 0 Å². The summed E-state index contributed by atoms with van der Waals surface area (Å²) in [5, 5.41) is 0. The molecule has 1 aromatic carbocycles. The van der Waals surface area contributed by atoms with Gasteiger partial charge in [0, 0.05) is 40.3 Å². The number of imidazole rings is 1. The molecule has 2 aromatic heterocycles. The molecule has 8 heteroatoms. The lowest BCUT2D eigenvalue weighted by atomic mass is 10.1. The Balaban J connectivity index is 1.47. The molecule has 0 bridgehead atoms. The molecule has 1 fully saturated rings. The Hall–Kier alpha value is -3.42. The SMILES string of the molecule is Cc1nc(C(=O)N(C)C)ccc1C(=O)N1CCCN(c2nc3ccccc3[nH]2)CC1. The number of rotatable bonds is 3. The molecule has 156 valence electrons. The number of benzene rings is 1. The second-order valence-electron chi connectivity index (χ2n) is 7.74. The molecule has 1 aliphatic rings. The molecule has 4 rings (SSSR count). The van der Waals surface area contributed by atoms with Crippen molar-refractivity contribution in [3.05, 3.63) is 53.3 Å². The summed E-state index contributed by atoms with van der Waals surface area (Å²) < 4.78 is 0. The smallest absolute Gasteiger partial charge is 0.271 e. The van der Waals surface area contributed by atoms with Crippen LogP contribution in [-0.2, 0) is 0 Å². The number of aryl methyl sites for hydroxylation is 1. The van der Waals surface area contributed by atoms with E-state index in [0.29, 0.717) is 36.6 Å². The summed E-state index contributed by atoms with van der Waals surface area (Å²) in [6, 6.07) is 11.3. The highest BCUT2D eigenvalue weighted by molar-refractivity contribution is 5.97. The lowest BCUT2D eigenvalue weighted by Gasteiger charge is -2.22. The van der Waals surface area contributed by atoms with Gasteiger partial charge in [-0.25, -0.2) is 9.97 Å². The fraction of sp³-hybridized carbons (Fsp3) is 0.364. The quantitative estimate of drug-likeness (QED) is 0.722. The summed E-state index contributed by atoms with van der Waals surface area (Å²) in [6.45, 7) is 4.59. The fourth-order valence-electron chi connectivity index (χ4n) is 3.73. The minimum atomic E-state index is -0.173. The number of nitrogens with one attached hydrogen (secondary N) is 1. The lowest BCUT2D eigenvalue weighted by Crippen LogP contribution is -2.36. The Bertz CT molecular complexity index is 1060. The second-order valence-corrected chi connectivity index (χ2v) is 7.74. The minimum absolute atomic E-state index is 0.0460. The molecule has 30 heavy (non-hydrogen) atoms. The highest BCUT2D eigenvalue weighted by Gasteiger charge is 2.24. The summed E-state index contributed by atoms with van der Waals surface area (Å²) in [5.74, 6) is 0.624. The number of amides is 2. The van der Waals surface area contributed by atoms with E-state index in [4.69, 9.17) is 0 Å². The summed E-state index contributed by atoms with van der Waals surface area (Å²) in [7, 11) is 3.37. The Labute approximate surface area is 175 Å². The molecule has 0 aliphatic carbocycles. The predicted molar refractivity (Wildman–Crippen MR) is 116 cm³/mol. The lowest BCUT2D eigenvalue weighted by molar-refractivity contribution is 0.0762. The van der Waals surface area contributed by atoms with Gasteiger partial charge in [0.1, 0.15) is 5.69 Å². The van der Waals surface area contributed by atoms with Crippen molar-refractivity contribution in [1.29, 1.82) is 0 Å². The second kappa shape index (κ2) is 8.14. The Kier molecular flexibility index (Phi) is 5.39. The molecule has 3 heterocycles. The third-order valence-corrected chi connectivity index (χ3v) is 5.40. The standard InChI is InChI=1S/C22H26N6O2/c1-15-16(9-10-19(23-15)21(30)26(2)3)20(29)27-11-6-12-28(14-13-27)22-24-17-7-4-5-8-18(17)25-22/h4-5,7-10H,6,11-14H2,1-3H3,(H,24,25). The summed E-state index contributed by atoms with van der Waals surface area (Å²) in [6.07, 6.45) is 0.854. The van der Waals surface area contributed by atoms with Crippen molar-refractivity contribution in [2.24, 2.45) is 0 Å². The summed E-state index contributed by atoms with van der Waals surface area (Å²) >= 11 is 0. The van der Waals surface area contributed by atoms with Crippen LogP contribution >= 0.6 is 0 Å². The molecule has 0 unspecified atom stereocenters. The number of nitrogens with zero attached hydrogens (tertiary/aromatic N) is 5. The van der Waals surface area contributed by atoms with E-state index >= 15 is 0 Å². The van der Waals surface area contributed by atoms with Gasteiger partial charge in [-0.05, 0) is 37.6 Å². The number of hydrogen-bond donors (Lipinski definition) is 1. The van der Waals surface area contributed by atoms with Crippen LogP contribution in [-0.4, -0.2) is 76.8 Å². The number of H-pyrrole nitrogens is 1. The van der Waals surface area contributed by atoms with Crippen molar-refractivity contribution < 1.29 is 9.59 Å². The average molecular weight is 406 g/mol. The van der Waals surface area contributed by atoms with Gasteiger partial charge < -0.3 is 19.7 Å². The van der Waals surface area contributed by atoms with Crippen molar-refractivity contribution in [1.82, 2.24) is 24.8 Å². The highest BCUT2D eigenvalue weighted by Crippen LogP contribution is 2.19. The number of aromatic nitrogens is 3. The highest BCUT2D eigenvalue weighted by atomic mass is 16.2. The Morgan fingerprint density at radius 3 is 2.53 bits per heavy atom. The number of carbonyl (C=O) groups is 2. The first-order valence-electron chi connectivity index (χ1n) is 10.1. The van der Waals surface area contributed by atoms with Crippen LogP contribution in [0.2, 0.25) is 0 Å². The maximum atomic E-state index is 13.1. The van der Waals surface area contributed by atoms with Crippen LogP contribution < -0.4 is 4.90 Å². The third kappa shape index (κ3) is 3.85. The molecule has 1 saturated heterocycles. The van der Waals surface area contributed by atoms with Crippen LogP contribution in [0, 0.1) is 6.92 Å². The third-order valence-electron chi connectivity index (χ3n) is 5.40. The van der Waals surface area contributed by atoms with Crippen molar-refractivity contribution in [2.45, 2.75) is 13.3 Å². The molecule has 0 spiro atoms. The summed E-state index contributed by atoms with van der Waals surface area (Å²) in [5.41, 5.74) is 3.42. The zero-order valence-electron chi connectivity index (χ0n) is 17.6. The molecule has 0 radical (unpaired) electrons. The van der Waals surface area contributed by atoms with Crippen LogP contribution in [0.25, 0.3) is 11.0 Å². The predicted octanol–water partition coefficient (Wildman–Crippen LogP) is 2.32. The van der Waals surface area contributed by atoms with Crippen LogP contribution in [0.3, 0.4) is 0 Å². The first-order chi connectivity index (χ1) is 14.4. The van der Waals surface area contributed by atoms with Gasteiger partial charge in [-0.15, -0.1) is 0 Å². The molecule has 3 aromatic rings. The molecular weight excluding hydrogens is 380 g/mol. The van der Waals surface area contributed by atoms with Crippen molar-refractivity contribution in [3.63, 3.8) is 0 Å². The van der Waals surface area contributed by atoms with E-state index in [1.54, 1.807) is 33.2 Å². The number of hydrogen-bond acceptors (Lipinski definition) is 5. The van der Waals surface area contributed by atoms with Gasteiger partial charge in [0.05, 0.1) is 22.3 Å². The largest absolute Gasteiger partial charge is 0.343 e. The van der Waals surface area contributed by atoms with Crippen molar-refractivity contribution in [3.8, 4) is 0 Å². The van der Waals surface area contributed by atoms with Gasteiger partial charge in [-0.3, -0.25) is 9.59 Å². The minimum Gasteiger partial charge on any atom is -0.343 e. The zero-order valence-corrected chi connectivity index (χ0v) is 17.6. The van der Waals surface area contributed by atoms with E-state index < -0.39 is 0 Å². The number of fused-ring (bicyclic) bond motifs is 1. The molecule has 1 aliphatic heterocycles. The fourth-order valence-corrected chi connectivity index (χ4v) is 3.73. The molecule has 2 amide bonds. The normalized spacial score (nSPS) is 14.6. The van der Waals surface area contributed by atoms with E-state index in [1.807, 2.05) is 29.2 Å². The van der Waals surface area contributed by atoms with Gasteiger partial charge in [-0.2, -0.15) is 0 Å². The van der Waals surface area contributed by atoms with Gasteiger partial charge in [0.15, 0.2) is 0 Å². The van der Waals surface area contributed by atoms with Crippen molar-refractivity contribution in [2.75, 3.05) is 45.2 Å². The maximum Gasteiger partial charge on any atom is 0.271 e. The van der Waals surface area contributed by atoms with Gasteiger partial charge in [0.2, 0.25) is 5.95 Å². The van der Waals surface area contributed by atoms with Gasteiger partial charge in [0.25, 0.3) is 11.8 Å². The van der Waals surface area contributed by atoms with E-state index in [9.17, 15) is 9.59 Å². The zero-order chi connectivity index (χ0) is 21.3. The first kappa shape index (κ1) is 19.9. The van der Waals surface area contributed by atoms with Gasteiger partial charge in [-0.1, -0.05) is 12.1 Å². The van der Waals surface area contributed by atoms with Crippen LogP contribution in [0.15, 0.2) is 36.4 Å². The number of para-hydroxylation sites is 2. The van der Waals surface area contributed by atoms with Crippen LogP contribution in [0.4, 0.5) is 5.95 Å². The topological polar surface area (TPSA) is 85.4 Å². The molecule has 8 nitrogen and oxygen atoms in total. The van der Waals surface area contributed by atoms with E-state index in [0.717, 1.165) is 29.9 Å². The van der Waals surface area contributed by atoms with Crippen LogP contribution in [0.5, 0.6) is 0 Å². The van der Waals surface area contributed by atoms with Crippen molar-refractivity contribution >= 4 is 28.8 Å². The van der Waals surface area contributed by atoms with E-state index in [2.05, 4.69) is 19.9 Å². The molecular formula is C22H26N6O2. The number of carbonyl (C=O) groups excluding carboxylic acids is 2. The van der Waals surface area contributed by atoms with E-state index in [1.165, 1.54) is 4.90 Å². The number of pyridine rings is 1. The van der Waals surface area contributed by atoms with Crippen LogP contribution in [0.1, 0.15) is 33.0 Å². The molecule has 0 atom stereocenters. The monoisotopic (exact) mass is 406 g/mol. The average Bonchev–Trinajstić information content (AvgIpc) is 3.02. The first-order valence-corrected chi connectivity index (χ1v) is 10.1. The Morgan fingerprint density at radius 2 is 1.80 bits per heavy atom. The van der Waals surface area contributed by atoms with E-state index in [-0.39, 0.29) is 11.8 Å².